The number of likely N-dealkylation sites (tertiary alicyclic amines) is 1. The van der Waals surface area contributed by atoms with E-state index in [1.165, 1.54) is 50.7 Å². The second-order valence-electron chi connectivity index (χ2n) is 11.7. The van der Waals surface area contributed by atoms with Crippen LogP contribution < -0.4 is 10.1 Å². The number of piperidine rings is 1. The third-order valence-electron chi connectivity index (χ3n) is 8.95. The van der Waals surface area contributed by atoms with E-state index in [1.807, 2.05) is 37.4 Å². The summed E-state index contributed by atoms with van der Waals surface area (Å²) in [6.45, 7) is 3.46. The van der Waals surface area contributed by atoms with Crippen molar-refractivity contribution in [3.05, 3.63) is 59.9 Å². The van der Waals surface area contributed by atoms with Gasteiger partial charge in [0.05, 0.1) is 5.60 Å². The molecule has 0 spiro atoms. The van der Waals surface area contributed by atoms with Gasteiger partial charge in [0.2, 0.25) is 0 Å². The second kappa shape index (κ2) is 15.1. The highest BCUT2D eigenvalue weighted by Crippen LogP contribution is 2.45. The van der Waals surface area contributed by atoms with Gasteiger partial charge >= 0.3 is 0 Å². The lowest BCUT2D eigenvalue weighted by Crippen LogP contribution is -2.52. The molecule has 1 heterocycles. The first kappa shape index (κ1) is 30.0. The van der Waals surface area contributed by atoms with E-state index < -0.39 is 5.60 Å². The first-order valence-corrected chi connectivity index (χ1v) is 15.2. The molecule has 2 fully saturated rings. The Labute approximate surface area is 235 Å². The van der Waals surface area contributed by atoms with Crippen LogP contribution in [0.25, 0.3) is 0 Å². The normalized spacial score (nSPS) is 21.4. The van der Waals surface area contributed by atoms with Crippen molar-refractivity contribution >= 4 is 0 Å². The molecule has 1 saturated heterocycles. The van der Waals surface area contributed by atoms with Crippen LogP contribution >= 0.6 is 0 Å². The average molecular weight is 541 g/mol. The van der Waals surface area contributed by atoms with E-state index in [-0.39, 0.29) is 11.7 Å². The molecule has 2 aliphatic rings. The van der Waals surface area contributed by atoms with E-state index in [9.17, 15) is 9.50 Å². The zero-order chi connectivity index (χ0) is 27.5. The maximum absolute atomic E-state index is 14.8. The molecule has 4 rings (SSSR count). The average Bonchev–Trinajstić information content (AvgIpc) is 2.97. The third-order valence-corrected chi connectivity index (χ3v) is 8.95. The molecule has 2 aromatic carbocycles. The number of unbranched alkanes of at least 4 members (excludes halogenated alkanes) is 1. The number of hydrogen-bond donors (Lipinski definition) is 2. The lowest BCUT2D eigenvalue weighted by molar-refractivity contribution is -0.0701. The van der Waals surface area contributed by atoms with Gasteiger partial charge in [-0.25, -0.2) is 4.39 Å². The Morgan fingerprint density at radius 2 is 1.85 bits per heavy atom. The molecule has 1 aliphatic heterocycles. The number of hydrogen-bond acceptors (Lipinski definition) is 5. The summed E-state index contributed by atoms with van der Waals surface area (Å²) in [5.74, 6) is 1.64. The molecule has 0 amide bonds. The highest BCUT2D eigenvalue weighted by molar-refractivity contribution is 5.42. The molecule has 2 aromatic rings. The summed E-state index contributed by atoms with van der Waals surface area (Å²) in [6.07, 6.45) is 12.1. The van der Waals surface area contributed by atoms with E-state index in [1.54, 1.807) is 13.2 Å². The van der Waals surface area contributed by atoms with Gasteiger partial charge in [0, 0.05) is 44.3 Å². The fourth-order valence-electron chi connectivity index (χ4n) is 6.88. The van der Waals surface area contributed by atoms with Gasteiger partial charge in [-0.1, -0.05) is 50.3 Å². The predicted molar refractivity (Wildman–Crippen MR) is 156 cm³/mol. The highest BCUT2D eigenvalue weighted by Gasteiger charge is 2.43. The van der Waals surface area contributed by atoms with Crippen LogP contribution in [0.3, 0.4) is 0 Å². The van der Waals surface area contributed by atoms with Crippen LogP contribution in [0.15, 0.2) is 48.5 Å². The number of halogens is 1. The number of para-hydroxylation sites is 1. The first-order chi connectivity index (χ1) is 19.0. The molecule has 3 atom stereocenters. The van der Waals surface area contributed by atoms with Gasteiger partial charge in [0.15, 0.2) is 0 Å². The maximum Gasteiger partial charge on any atom is 0.133 e. The molecule has 0 aromatic heterocycles. The Balaban J connectivity index is 1.61. The Bertz CT molecular complexity index is 984. The molecule has 3 unspecified atom stereocenters. The lowest BCUT2D eigenvalue weighted by atomic mass is 9.73. The summed E-state index contributed by atoms with van der Waals surface area (Å²) < 4.78 is 26.3. The molecule has 0 radical (unpaired) electrons. The van der Waals surface area contributed by atoms with Crippen molar-refractivity contribution in [1.29, 1.82) is 0 Å². The molecule has 1 saturated carbocycles. The third kappa shape index (κ3) is 8.26. The van der Waals surface area contributed by atoms with Gasteiger partial charge < -0.3 is 19.9 Å². The number of nitrogens with zero attached hydrogens (tertiary/aromatic N) is 1. The Hall–Kier alpha value is -1.99. The monoisotopic (exact) mass is 540 g/mol. The second-order valence-corrected chi connectivity index (χ2v) is 11.7. The number of likely N-dealkylation sites (N-methyl/N-ethyl adjacent to an activating group) is 1. The van der Waals surface area contributed by atoms with Gasteiger partial charge in [-0.3, -0.25) is 4.90 Å². The zero-order valence-electron chi connectivity index (χ0n) is 24.0. The van der Waals surface area contributed by atoms with Gasteiger partial charge in [0.1, 0.15) is 17.3 Å². The van der Waals surface area contributed by atoms with Crippen molar-refractivity contribution in [3.63, 3.8) is 0 Å². The number of nitrogens with one attached hydrogen (secondary N) is 1. The van der Waals surface area contributed by atoms with E-state index in [4.69, 9.17) is 9.47 Å². The van der Waals surface area contributed by atoms with Crippen LogP contribution in [0.5, 0.6) is 11.5 Å². The van der Waals surface area contributed by atoms with Gasteiger partial charge in [-0.2, -0.15) is 0 Å². The largest absolute Gasteiger partial charge is 0.457 e. The summed E-state index contributed by atoms with van der Waals surface area (Å²) in [6, 6.07) is 14.6. The highest BCUT2D eigenvalue weighted by atomic mass is 19.1. The summed E-state index contributed by atoms with van der Waals surface area (Å²) >= 11 is 0. The first-order valence-electron chi connectivity index (χ1n) is 15.2. The summed E-state index contributed by atoms with van der Waals surface area (Å²) in [4.78, 5) is 2.61. The Morgan fingerprint density at radius 1 is 1.05 bits per heavy atom. The van der Waals surface area contributed by atoms with Crippen LogP contribution in [0.1, 0.15) is 76.2 Å². The molecule has 1 aliphatic carbocycles. The number of benzene rings is 2. The van der Waals surface area contributed by atoms with Gasteiger partial charge in [-0.05, 0) is 88.4 Å². The van der Waals surface area contributed by atoms with E-state index in [0.717, 1.165) is 51.2 Å². The van der Waals surface area contributed by atoms with Crippen molar-refractivity contribution in [2.45, 2.75) is 82.3 Å². The van der Waals surface area contributed by atoms with Crippen molar-refractivity contribution in [2.75, 3.05) is 40.4 Å². The van der Waals surface area contributed by atoms with Crippen LogP contribution in [0, 0.1) is 17.7 Å². The van der Waals surface area contributed by atoms with Crippen LogP contribution in [-0.2, 0) is 10.3 Å². The minimum Gasteiger partial charge on any atom is -0.457 e. The van der Waals surface area contributed by atoms with Crippen LogP contribution in [-0.4, -0.2) is 56.4 Å². The number of ether oxygens (including phenoxy) is 2. The molecule has 2 N–H and O–H groups in total. The minimum absolute atomic E-state index is 0.0144. The van der Waals surface area contributed by atoms with Crippen molar-refractivity contribution in [3.8, 4) is 11.5 Å². The van der Waals surface area contributed by atoms with E-state index >= 15 is 0 Å². The lowest BCUT2D eigenvalue weighted by Gasteiger charge is -2.46. The van der Waals surface area contributed by atoms with Crippen molar-refractivity contribution in [2.24, 2.45) is 11.8 Å². The van der Waals surface area contributed by atoms with E-state index in [2.05, 4.69) is 10.2 Å². The molecule has 216 valence electrons. The SMILES string of the molecule is CNCC(CC1CCCCC1)N1CCCC(C(O)(CCCCOC)c2cc(F)ccc2Oc2ccccc2)C1. The Morgan fingerprint density at radius 3 is 2.59 bits per heavy atom. The van der Waals surface area contributed by atoms with Gasteiger partial charge in [0.25, 0.3) is 0 Å². The van der Waals surface area contributed by atoms with E-state index in [0.29, 0.717) is 36.1 Å². The summed E-state index contributed by atoms with van der Waals surface area (Å²) in [7, 11) is 3.75. The standard InChI is InChI=1S/C33H49FN2O3/c1-35-24-29(22-26-12-5-3-6-13-26)36-20-11-14-27(25-36)33(37,19-9-10-21-38-2)31-23-28(34)17-18-32(31)39-30-15-7-4-8-16-30/h4,7-8,15-18,23,26-27,29,35,37H,3,5-6,9-14,19-22,24-25H2,1-2H3. The fraction of sp³-hybridized carbons (Fsp3) is 0.636. The smallest absolute Gasteiger partial charge is 0.133 e. The van der Waals surface area contributed by atoms with Crippen molar-refractivity contribution < 1.29 is 19.0 Å². The molecule has 5 nitrogen and oxygen atoms in total. The summed E-state index contributed by atoms with van der Waals surface area (Å²) in [5, 5.41) is 16.1. The van der Waals surface area contributed by atoms with Crippen LogP contribution in [0.4, 0.5) is 4.39 Å². The quantitative estimate of drug-likeness (QED) is 0.256. The van der Waals surface area contributed by atoms with Crippen molar-refractivity contribution in [1.82, 2.24) is 10.2 Å². The summed E-state index contributed by atoms with van der Waals surface area (Å²) in [5.41, 5.74) is -0.638. The molecular formula is C33H49FN2O3. The Kier molecular flexibility index (Phi) is 11.6. The molecular weight excluding hydrogens is 491 g/mol. The van der Waals surface area contributed by atoms with Crippen LogP contribution in [0.2, 0.25) is 0 Å². The van der Waals surface area contributed by atoms with Gasteiger partial charge in [-0.15, -0.1) is 0 Å². The number of aliphatic hydroxyl groups is 1. The molecule has 6 heteroatoms. The molecule has 0 bridgehead atoms. The topological polar surface area (TPSA) is 54.0 Å². The number of rotatable bonds is 14. The predicted octanol–water partition coefficient (Wildman–Crippen LogP) is 6.89. The fourth-order valence-corrected chi connectivity index (χ4v) is 6.88. The zero-order valence-corrected chi connectivity index (χ0v) is 24.0. The maximum atomic E-state index is 14.8. The molecule has 39 heavy (non-hydrogen) atoms. The minimum atomic E-state index is -1.20. The number of methoxy groups -OCH3 is 1.